The molecule has 100 valence electrons. The van der Waals surface area contributed by atoms with Crippen LogP contribution in [0.2, 0.25) is 0 Å². The summed E-state index contributed by atoms with van der Waals surface area (Å²) in [4.78, 5) is 16.0. The van der Waals surface area contributed by atoms with Crippen LogP contribution in [0, 0.1) is 0 Å². The zero-order valence-corrected chi connectivity index (χ0v) is 11.0. The van der Waals surface area contributed by atoms with Gasteiger partial charge in [-0.1, -0.05) is 24.4 Å². The van der Waals surface area contributed by atoms with E-state index in [0.29, 0.717) is 17.4 Å². The Hall–Kier alpha value is -1.91. The molecule has 3 rings (SSSR count). The molecule has 5 heteroatoms. The lowest BCUT2D eigenvalue weighted by Crippen LogP contribution is -2.14. The van der Waals surface area contributed by atoms with Crippen LogP contribution in [0.4, 0.5) is 0 Å². The van der Waals surface area contributed by atoms with Crippen molar-refractivity contribution in [2.24, 2.45) is 7.05 Å². The number of hydrogen-bond donors (Lipinski definition) is 0. The number of aromatic nitrogens is 3. The molecule has 1 fully saturated rings. The maximum Gasteiger partial charge on any atom is 0.258 e. The first-order valence-electron chi connectivity index (χ1n) is 6.75. The zero-order chi connectivity index (χ0) is 13.2. The van der Waals surface area contributed by atoms with E-state index in [0.717, 1.165) is 18.7 Å². The van der Waals surface area contributed by atoms with Crippen molar-refractivity contribution in [1.29, 1.82) is 0 Å². The molecule has 0 unspecified atom stereocenters. The number of pyridine rings is 1. The van der Waals surface area contributed by atoms with Gasteiger partial charge in [0.15, 0.2) is 5.82 Å². The molecule has 0 aliphatic heterocycles. The van der Waals surface area contributed by atoms with Crippen LogP contribution in [0.25, 0.3) is 11.5 Å². The highest BCUT2D eigenvalue weighted by Gasteiger charge is 2.21. The van der Waals surface area contributed by atoms with E-state index in [4.69, 9.17) is 4.52 Å². The Morgan fingerprint density at radius 2 is 2.11 bits per heavy atom. The summed E-state index contributed by atoms with van der Waals surface area (Å²) in [5, 5.41) is 4.07. The number of rotatable bonds is 2. The predicted molar refractivity (Wildman–Crippen MR) is 70.8 cm³/mol. The summed E-state index contributed by atoms with van der Waals surface area (Å²) >= 11 is 0. The van der Waals surface area contributed by atoms with Crippen molar-refractivity contribution in [3.8, 4) is 11.5 Å². The van der Waals surface area contributed by atoms with Gasteiger partial charge in [-0.3, -0.25) is 4.79 Å². The van der Waals surface area contributed by atoms with Crippen LogP contribution in [-0.2, 0) is 7.05 Å². The Morgan fingerprint density at radius 3 is 2.84 bits per heavy atom. The van der Waals surface area contributed by atoms with E-state index in [1.54, 1.807) is 13.2 Å². The molecule has 0 aromatic carbocycles. The molecule has 0 saturated heterocycles. The Morgan fingerprint density at radius 1 is 1.32 bits per heavy atom. The third-order valence-electron chi connectivity index (χ3n) is 3.76. The summed E-state index contributed by atoms with van der Waals surface area (Å²) in [6, 6.07) is 3.34. The normalized spacial score (nSPS) is 16.7. The van der Waals surface area contributed by atoms with Crippen molar-refractivity contribution in [1.82, 2.24) is 14.7 Å². The van der Waals surface area contributed by atoms with Gasteiger partial charge in [-0.05, 0) is 18.9 Å². The molecule has 0 bridgehead atoms. The Bertz CT molecular complexity index is 624. The molecule has 0 atom stereocenters. The van der Waals surface area contributed by atoms with Crippen LogP contribution < -0.4 is 5.56 Å². The van der Waals surface area contributed by atoms with Gasteiger partial charge in [0.1, 0.15) is 0 Å². The van der Waals surface area contributed by atoms with Crippen LogP contribution in [0.5, 0.6) is 0 Å². The Kier molecular flexibility index (Phi) is 3.19. The maximum atomic E-state index is 11.6. The second-order valence-electron chi connectivity index (χ2n) is 5.16. The van der Waals surface area contributed by atoms with Crippen LogP contribution in [0.1, 0.15) is 43.8 Å². The molecule has 1 aliphatic carbocycles. The van der Waals surface area contributed by atoms with Crippen LogP contribution >= 0.6 is 0 Å². The van der Waals surface area contributed by atoms with E-state index in [1.807, 2.05) is 6.07 Å². The quantitative estimate of drug-likeness (QED) is 0.831. The third-order valence-corrected chi connectivity index (χ3v) is 3.76. The minimum Gasteiger partial charge on any atom is -0.334 e. The summed E-state index contributed by atoms with van der Waals surface area (Å²) in [5.41, 5.74) is 0.618. The summed E-state index contributed by atoms with van der Waals surface area (Å²) in [5.74, 6) is 1.64. The minimum absolute atomic E-state index is 0.0742. The first-order valence-corrected chi connectivity index (χ1v) is 6.75. The standard InChI is InChI=1S/C14H17N3O2/c1-17-8-7-11(9-12(17)18)14-15-13(16-19-14)10-5-3-2-4-6-10/h7-10H,2-6H2,1H3. The molecule has 0 spiro atoms. The van der Waals surface area contributed by atoms with Gasteiger partial charge in [0.2, 0.25) is 0 Å². The zero-order valence-electron chi connectivity index (χ0n) is 11.0. The molecule has 0 amide bonds. The average molecular weight is 259 g/mol. The smallest absolute Gasteiger partial charge is 0.258 e. The van der Waals surface area contributed by atoms with Gasteiger partial charge in [0, 0.05) is 30.8 Å². The first kappa shape index (κ1) is 12.1. The van der Waals surface area contributed by atoms with E-state index in [2.05, 4.69) is 10.1 Å². The molecule has 2 heterocycles. The molecule has 0 N–H and O–H groups in total. The fraction of sp³-hybridized carbons (Fsp3) is 0.500. The van der Waals surface area contributed by atoms with E-state index >= 15 is 0 Å². The highest BCUT2D eigenvalue weighted by molar-refractivity contribution is 5.51. The molecule has 19 heavy (non-hydrogen) atoms. The molecule has 0 radical (unpaired) electrons. The molecule has 2 aromatic rings. The lowest BCUT2D eigenvalue weighted by atomic mass is 9.89. The van der Waals surface area contributed by atoms with Crippen molar-refractivity contribution in [3.05, 3.63) is 34.5 Å². The summed E-state index contributed by atoms with van der Waals surface area (Å²) in [7, 11) is 1.72. The highest BCUT2D eigenvalue weighted by atomic mass is 16.5. The van der Waals surface area contributed by atoms with Crippen LogP contribution in [0.3, 0.4) is 0 Å². The Balaban J connectivity index is 1.87. The summed E-state index contributed by atoms with van der Waals surface area (Å²) in [6.45, 7) is 0. The SMILES string of the molecule is Cn1ccc(-c2nc(C3CCCCC3)no2)cc1=O. The van der Waals surface area contributed by atoms with Gasteiger partial charge in [-0.2, -0.15) is 4.98 Å². The van der Waals surface area contributed by atoms with Crippen molar-refractivity contribution >= 4 is 0 Å². The minimum atomic E-state index is -0.0742. The number of nitrogens with zero attached hydrogens (tertiary/aromatic N) is 3. The summed E-state index contributed by atoms with van der Waals surface area (Å²) < 4.78 is 6.81. The summed E-state index contributed by atoms with van der Waals surface area (Å²) in [6.07, 6.45) is 7.75. The fourth-order valence-electron chi connectivity index (χ4n) is 2.56. The van der Waals surface area contributed by atoms with E-state index < -0.39 is 0 Å². The number of hydrogen-bond acceptors (Lipinski definition) is 4. The van der Waals surface area contributed by atoms with Crippen molar-refractivity contribution in [3.63, 3.8) is 0 Å². The lowest BCUT2D eigenvalue weighted by molar-refractivity contribution is 0.385. The van der Waals surface area contributed by atoms with E-state index in [-0.39, 0.29) is 5.56 Å². The second kappa shape index (κ2) is 4.99. The molecule has 2 aromatic heterocycles. The van der Waals surface area contributed by atoms with Gasteiger partial charge >= 0.3 is 0 Å². The van der Waals surface area contributed by atoms with Gasteiger partial charge < -0.3 is 9.09 Å². The predicted octanol–water partition coefficient (Wildman–Crippen LogP) is 2.48. The van der Waals surface area contributed by atoms with Crippen molar-refractivity contribution in [2.75, 3.05) is 0 Å². The lowest BCUT2D eigenvalue weighted by Gasteiger charge is -2.17. The topological polar surface area (TPSA) is 60.9 Å². The Labute approximate surface area is 111 Å². The molecule has 5 nitrogen and oxygen atoms in total. The fourth-order valence-corrected chi connectivity index (χ4v) is 2.56. The number of aryl methyl sites for hydroxylation is 1. The van der Waals surface area contributed by atoms with Gasteiger partial charge in [0.25, 0.3) is 11.4 Å². The van der Waals surface area contributed by atoms with Crippen molar-refractivity contribution in [2.45, 2.75) is 38.0 Å². The molecule has 1 saturated carbocycles. The molecular formula is C14H17N3O2. The first-order chi connectivity index (χ1) is 9.24. The van der Waals surface area contributed by atoms with E-state index in [9.17, 15) is 4.79 Å². The van der Waals surface area contributed by atoms with Crippen LogP contribution in [-0.4, -0.2) is 14.7 Å². The van der Waals surface area contributed by atoms with Gasteiger partial charge in [0.05, 0.1) is 0 Å². The van der Waals surface area contributed by atoms with Crippen LogP contribution in [0.15, 0.2) is 27.6 Å². The third kappa shape index (κ3) is 2.45. The monoisotopic (exact) mass is 259 g/mol. The molecular weight excluding hydrogens is 242 g/mol. The largest absolute Gasteiger partial charge is 0.334 e. The average Bonchev–Trinajstić information content (AvgIpc) is 2.93. The van der Waals surface area contributed by atoms with E-state index in [1.165, 1.54) is 29.9 Å². The second-order valence-corrected chi connectivity index (χ2v) is 5.16. The van der Waals surface area contributed by atoms with Gasteiger partial charge in [-0.25, -0.2) is 0 Å². The van der Waals surface area contributed by atoms with Crippen molar-refractivity contribution < 1.29 is 4.52 Å². The maximum absolute atomic E-state index is 11.6. The molecule has 1 aliphatic rings. The highest BCUT2D eigenvalue weighted by Crippen LogP contribution is 2.31. The van der Waals surface area contributed by atoms with Gasteiger partial charge in [-0.15, -0.1) is 0 Å².